The molecule has 4 nitrogen and oxygen atoms in total. The molecule has 1 aliphatic heterocycles. The van der Waals surface area contributed by atoms with Crippen molar-refractivity contribution in [3.05, 3.63) is 59.2 Å². The summed E-state index contributed by atoms with van der Waals surface area (Å²) in [5, 5.41) is 0. The Labute approximate surface area is 149 Å². The lowest BCUT2D eigenvalue weighted by Crippen LogP contribution is -2.35. The molecule has 2 aromatic carbocycles. The van der Waals surface area contributed by atoms with Crippen LogP contribution in [0.3, 0.4) is 0 Å². The van der Waals surface area contributed by atoms with E-state index in [4.69, 9.17) is 9.47 Å². The van der Waals surface area contributed by atoms with Crippen LogP contribution in [0.25, 0.3) is 0 Å². The van der Waals surface area contributed by atoms with Crippen LogP contribution in [-0.2, 0) is 24.2 Å². The second-order valence-corrected chi connectivity index (χ2v) is 6.42. The van der Waals surface area contributed by atoms with Crippen LogP contribution in [0.1, 0.15) is 23.6 Å². The number of methoxy groups -OCH3 is 2. The minimum atomic E-state index is -0.0540. The van der Waals surface area contributed by atoms with Gasteiger partial charge in [-0.1, -0.05) is 30.3 Å². The van der Waals surface area contributed by atoms with Gasteiger partial charge in [0.2, 0.25) is 5.91 Å². The molecule has 0 spiro atoms. The van der Waals surface area contributed by atoms with Gasteiger partial charge in [-0.2, -0.15) is 0 Å². The summed E-state index contributed by atoms with van der Waals surface area (Å²) in [5.41, 5.74) is 3.51. The van der Waals surface area contributed by atoms with Gasteiger partial charge in [0.15, 0.2) is 11.5 Å². The first-order chi connectivity index (χ1) is 12.2. The molecule has 0 N–H and O–H groups in total. The van der Waals surface area contributed by atoms with Crippen molar-refractivity contribution in [2.75, 3.05) is 20.8 Å². The molecule has 1 heterocycles. The number of fused-ring (bicyclic) bond motifs is 1. The highest BCUT2D eigenvalue weighted by atomic mass is 16.5. The van der Waals surface area contributed by atoms with Gasteiger partial charge in [0.1, 0.15) is 0 Å². The minimum absolute atomic E-state index is 0.0540. The molecule has 0 aromatic heterocycles. The van der Waals surface area contributed by atoms with E-state index in [1.807, 2.05) is 42.2 Å². The molecule has 1 aliphatic rings. The maximum Gasteiger partial charge on any atom is 0.226 e. The van der Waals surface area contributed by atoms with Gasteiger partial charge in [-0.25, -0.2) is 0 Å². The van der Waals surface area contributed by atoms with Gasteiger partial charge in [-0.05, 0) is 48.6 Å². The number of hydrogen-bond donors (Lipinski definition) is 0. The molecule has 0 saturated carbocycles. The predicted molar refractivity (Wildman–Crippen MR) is 98.0 cm³/mol. The van der Waals surface area contributed by atoms with Gasteiger partial charge >= 0.3 is 0 Å². The van der Waals surface area contributed by atoms with Gasteiger partial charge < -0.3 is 14.4 Å². The Balaban J connectivity index is 1.97. The summed E-state index contributed by atoms with van der Waals surface area (Å²) in [4.78, 5) is 15.0. The van der Waals surface area contributed by atoms with E-state index in [0.29, 0.717) is 18.8 Å². The lowest BCUT2D eigenvalue weighted by molar-refractivity contribution is -0.135. The SMILES string of the molecule is CCN1Cc2cc(OC)c(OC)cc2C[C@@H](Cc2ccccc2)C1=O. The molecule has 0 fully saturated rings. The molecule has 0 aliphatic carbocycles. The van der Waals surface area contributed by atoms with Crippen molar-refractivity contribution in [3.8, 4) is 11.5 Å². The molecule has 3 rings (SSSR count). The van der Waals surface area contributed by atoms with Crippen molar-refractivity contribution in [2.24, 2.45) is 5.92 Å². The van der Waals surface area contributed by atoms with Crippen LogP contribution < -0.4 is 9.47 Å². The smallest absolute Gasteiger partial charge is 0.226 e. The Morgan fingerprint density at radius 2 is 1.68 bits per heavy atom. The Bertz CT molecular complexity index is 742. The maximum absolute atomic E-state index is 13.0. The van der Waals surface area contributed by atoms with E-state index in [1.54, 1.807) is 14.2 Å². The highest BCUT2D eigenvalue weighted by Gasteiger charge is 2.30. The Morgan fingerprint density at radius 1 is 1.04 bits per heavy atom. The Morgan fingerprint density at radius 3 is 2.28 bits per heavy atom. The lowest BCUT2D eigenvalue weighted by atomic mass is 9.91. The van der Waals surface area contributed by atoms with Crippen LogP contribution in [0.2, 0.25) is 0 Å². The summed E-state index contributed by atoms with van der Waals surface area (Å²) in [6.07, 6.45) is 1.48. The molecular formula is C21H25NO3. The third-order valence-corrected chi connectivity index (χ3v) is 4.90. The van der Waals surface area contributed by atoms with Crippen LogP contribution in [0.4, 0.5) is 0 Å². The van der Waals surface area contributed by atoms with Crippen LogP contribution in [-0.4, -0.2) is 31.6 Å². The molecule has 0 saturated heterocycles. The molecule has 0 radical (unpaired) electrons. The molecule has 1 amide bonds. The van der Waals surface area contributed by atoms with Gasteiger partial charge in [0, 0.05) is 19.0 Å². The number of ether oxygens (including phenoxy) is 2. The van der Waals surface area contributed by atoms with E-state index in [2.05, 4.69) is 12.1 Å². The summed E-state index contributed by atoms with van der Waals surface area (Å²) in [5.74, 6) is 1.60. The molecule has 4 heteroatoms. The number of rotatable bonds is 5. The molecule has 25 heavy (non-hydrogen) atoms. The van der Waals surface area contributed by atoms with E-state index in [1.165, 1.54) is 11.1 Å². The molecule has 0 bridgehead atoms. The number of carbonyl (C=O) groups excluding carboxylic acids is 1. The summed E-state index contributed by atoms with van der Waals surface area (Å²) < 4.78 is 10.9. The first-order valence-electron chi connectivity index (χ1n) is 8.72. The maximum atomic E-state index is 13.0. The van der Waals surface area contributed by atoms with Gasteiger partial charge in [-0.3, -0.25) is 4.79 Å². The number of amides is 1. The van der Waals surface area contributed by atoms with E-state index in [0.717, 1.165) is 24.2 Å². The van der Waals surface area contributed by atoms with Crippen LogP contribution >= 0.6 is 0 Å². The minimum Gasteiger partial charge on any atom is -0.493 e. The first kappa shape index (κ1) is 17.3. The average Bonchev–Trinajstić information content (AvgIpc) is 2.78. The van der Waals surface area contributed by atoms with Crippen molar-refractivity contribution < 1.29 is 14.3 Å². The molecule has 1 atom stereocenters. The summed E-state index contributed by atoms with van der Waals surface area (Å²) in [6, 6.07) is 14.3. The monoisotopic (exact) mass is 339 g/mol. The fraction of sp³-hybridized carbons (Fsp3) is 0.381. The third-order valence-electron chi connectivity index (χ3n) is 4.90. The average molecular weight is 339 g/mol. The lowest BCUT2D eigenvalue weighted by Gasteiger charge is -2.23. The molecule has 132 valence electrons. The Kier molecular flexibility index (Phi) is 5.27. The summed E-state index contributed by atoms with van der Waals surface area (Å²) in [6.45, 7) is 3.36. The fourth-order valence-corrected chi connectivity index (χ4v) is 3.52. The largest absolute Gasteiger partial charge is 0.493 e. The first-order valence-corrected chi connectivity index (χ1v) is 8.72. The number of carbonyl (C=O) groups is 1. The summed E-state index contributed by atoms with van der Waals surface area (Å²) in [7, 11) is 3.29. The van der Waals surface area contributed by atoms with Gasteiger partial charge in [-0.15, -0.1) is 0 Å². The highest BCUT2D eigenvalue weighted by Crippen LogP contribution is 2.34. The number of nitrogens with zero attached hydrogens (tertiary/aromatic N) is 1. The van der Waals surface area contributed by atoms with Crippen LogP contribution in [0, 0.1) is 5.92 Å². The van der Waals surface area contributed by atoms with E-state index >= 15 is 0 Å². The zero-order chi connectivity index (χ0) is 17.8. The predicted octanol–water partition coefficient (Wildman–Crippen LogP) is 3.47. The summed E-state index contributed by atoms with van der Waals surface area (Å²) >= 11 is 0. The van der Waals surface area contributed by atoms with Crippen molar-refractivity contribution in [3.63, 3.8) is 0 Å². The third kappa shape index (κ3) is 3.63. The molecular weight excluding hydrogens is 314 g/mol. The molecule has 0 unspecified atom stereocenters. The van der Waals surface area contributed by atoms with Crippen molar-refractivity contribution in [2.45, 2.75) is 26.3 Å². The van der Waals surface area contributed by atoms with Crippen molar-refractivity contribution in [1.82, 2.24) is 4.90 Å². The zero-order valence-electron chi connectivity index (χ0n) is 15.1. The van der Waals surface area contributed by atoms with E-state index in [-0.39, 0.29) is 11.8 Å². The Hall–Kier alpha value is -2.49. The molecule has 2 aromatic rings. The van der Waals surface area contributed by atoms with E-state index in [9.17, 15) is 4.79 Å². The zero-order valence-corrected chi connectivity index (χ0v) is 15.1. The number of hydrogen-bond acceptors (Lipinski definition) is 3. The fourth-order valence-electron chi connectivity index (χ4n) is 3.52. The van der Waals surface area contributed by atoms with Crippen molar-refractivity contribution >= 4 is 5.91 Å². The topological polar surface area (TPSA) is 38.8 Å². The van der Waals surface area contributed by atoms with Crippen LogP contribution in [0.5, 0.6) is 11.5 Å². The van der Waals surface area contributed by atoms with Crippen LogP contribution in [0.15, 0.2) is 42.5 Å². The highest BCUT2D eigenvalue weighted by molar-refractivity contribution is 5.80. The van der Waals surface area contributed by atoms with Crippen molar-refractivity contribution in [1.29, 1.82) is 0 Å². The van der Waals surface area contributed by atoms with Gasteiger partial charge in [0.25, 0.3) is 0 Å². The quantitative estimate of drug-likeness (QED) is 0.837. The van der Waals surface area contributed by atoms with Gasteiger partial charge in [0.05, 0.1) is 14.2 Å². The number of benzene rings is 2. The second kappa shape index (κ2) is 7.60. The normalized spacial score (nSPS) is 17.0. The second-order valence-electron chi connectivity index (χ2n) is 6.42. The standard InChI is InChI=1S/C21H25NO3/c1-4-22-14-18-13-20(25-3)19(24-2)12-16(18)11-17(21(22)23)10-15-8-6-5-7-9-15/h5-9,12-13,17H,4,10-11,14H2,1-3H3/t17-/m1/s1. The van der Waals surface area contributed by atoms with E-state index < -0.39 is 0 Å².